The van der Waals surface area contributed by atoms with E-state index >= 15 is 0 Å². The van der Waals surface area contributed by atoms with Gasteiger partial charge in [-0.1, -0.05) is 24.2 Å². The molecular formula is C21H27N5O2. The van der Waals surface area contributed by atoms with E-state index in [9.17, 15) is 0 Å². The number of furan rings is 1. The van der Waals surface area contributed by atoms with Crippen LogP contribution in [0.1, 0.15) is 35.9 Å². The summed E-state index contributed by atoms with van der Waals surface area (Å²) in [5.74, 6) is 3.73. The minimum absolute atomic E-state index is 0.211. The van der Waals surface area contributed by atoms with Crippen molar-refractivity contribution >= 4 is 0 Å². The predicted molar refractivity (Wildman–Crippen MR) is 107 cm³/mol. The van der Waals surface area contributed by atoms with Crippen LogP contribution in [0, 0.1) is 12.8 Å². The summed E-state index contributed by atoms with van der Waals surface area (Å²) in [6, 6.07) is 12.6. The molecular weight excluding hydrogens is 354 g/mol. The molecule has 0 spiro atoms. The van der Waals surface area contributed by atoms with Crippen LogP contribution < -0.4 is 16.2 Å². The van der Waals surface area contributed by atoms with Gasteiger partial charge in [0.05, 0.1) is 6.04 Å². The molecule has 1 aromatic carbocycles. The van der Waals surface area contributed by atoms with Crippen LogP contribution in [0.25, 0.3) is 11.5 Å². The summed E-state index contributed by atoms with van der Waals surface area (Å²) < 4.78 is 11.1. The van der Waals surface area contributed by atoms with E-state index in [4.69, 9.17) is 8.94 Å². The van der Waals surface area contributed by atoms with Crippen LogP contribution in [-0.4, -0.2) is 29.8 Å². The van der Waals surface area contributed by atoms with Crippen LogP contribution in [0.5, 0.6) is 0 Å². The molecule has 0 saturated carbocycles. The van der Waals surface area contributed by atoms with Crippen LogP contribution in [0.2, 0.25) is 0 Å². The van der Waals surface area contributed by atoms with Crippen molar-refractivity contribution in [2.24, 2.45) is 5.92 Å². The molecule has 0 bridgehead atoms. The van der Waals surface area contributed by atoms with Gasteiger partial charge < -0.3 is 14.3 Å². The zero-order chi connectivity index (χ0) is 19.3. The van der Waals surface area contributed by atoms with E-state index in [1.165, 1.54) is 5.56 Å². The minimum Gasteiger partial charge on any atom is -0.465 e. The molecule has 0 aliphatic carbocycles. The second-order valence-corrected chi connectivity index (χ2v) is 7.23. The van der Waals surface area contributed by atoms with Crippen molar-refractivity contribution in [2.75, 3.05) is 19.6 Å². The Kier molecular flexibility index (Phi) is 5.85. The third kappa shape index (κ3) is 4.32. The molecule has 0 amide bonds. The molecule has 28 heavy (non-hydrogen) atoms. The highest BCUT2D eigenvalue weighted by Gasteiger charge is 2.30. The summed E-state index contributed by atoms with van der Waals surface area (Å²) in [4.78, 5) is 4.37. The summed E-state index contributed by atoms with van der Waals surface area (Å²) in [6.07, 6.45) is 1.75. The highest BCUT2D eigenvalue weighted by Crippen LogP contribution is 2.26. The standard InChI is InChI=1S/C21H27N5O2/c1-3-19-24-21(28-26-19)16-7-5-15(6-8-16)10-11-22-12-17-13-23-25-20(17)18-9-4-14(2)27-18/h4-9,17,20,22-23,25H,3,10-13H2,1-2H3. The Bertz CT molecular complexity index is 886. The second kappa shape index (κ2) is 8.68. The fourth-order valence-electron chi connectivity index (χ4n) is 3.50. The Morgan fingerprint density at radius 3 is 2.75 bits per heavy atom. The summed E-state index contributed by atoms with van der Waals surface area (Å²) in [6.45, 7) is 6.78. The maximum atomic E-state index is 5.78. The van der Waals surface area contributed by atoms with Gasteiger partial charge in [0.25, 0.3) is 5.89 Å². The molecule has 1 aliphatic rings. The molecule has 1 saturated heterocycles. The van der Waals surface area contributed by atoms with E-state index in [0.717, 1.165) is 55.4 Å². The lowest BCUT2D eigenvalue weighted by Gasteiger charge is -2.17. The monoisotopic (exact) mass is 381 g/mol. The van der Waals surface area contributed by atoms with Gasteiger partial charge in [0.2, 0.25) is 0 Å². The molecule has 1 fully saturated rings. The SMILES string of the molecule is CCc1noc(-c2ccc(CCNCC3CNNC3c3ccc(C)o3)cc2)n1. The van der Waals surface area contributed by atoms with Gasteiger partial charge >= 0.3 is 0 Å². The maximum absolute atomic E-state index is 5.78. The first-order valence-corrected chi connectivity index (χ1v) is 9.90. The largest absolute Gasteiger partial charge is 0.465 e. The number of benzene rings is 1. The van der Waals surface area contributed by atoms with Crippen molar-refractivity contribution < 1.29 is 8.94 Å². The smallest absolute Gasteiger partial charge is 0.257 e. The van der Waals surface area contributed by atoms with Crippen LogP contribution in [0.3, 0.4) is 0 Å². The molecule has 4 rings (SSSR count). The predicted octanol–water partition coefficient (Wildman–Crippen LogP) is 2.80. The van der Waals surface area contributed by atoms with E-state index in [0.29, 0.717) is 11.8 Å². The van der Waals surface area contributed by atoms with Crippen molar-refractivity contribution in [1.29, 1.82) is 0 Å². The van der Waals surface area contributed by atoms with Crippen LogP contribution in [0.15, 0.2) is 45.3 Å². The lowest BCUT2D eigenvalue weighted by atomic mass is 10.00. The van der Waals surface area contributed by atoms with Gasteiger partial charge in [-0.3, -0.25) is 5.43 Å². The number of nitrogens with one attached hydrogen (secondary N) is 3. The summed E-state index contributed by atoms with van der Waals surface area (Å²) in [7, 11) is 0. The first kappa shape index (κ1) is 18.9. The fraction of sp³-hybridized carbons (Fsp3) is 0.429. The Morgan fingerprint density at radius 1 is 1.18 bits per heavy atom. The van der Waals surface area contributed by atoms with Crippen molar-refractivity contribution in [2.45, 2.75) is 32.7 Å². The second-order valence-electron chi connectivity index (χ2n) is 7.23. The molecule has 2 aromatic heterocycles. The van der Waals surface area contributed by atoms with Gasteiger partial charge in [-0.05, 0) is 49.7 Å². The van der Waals surface area contributed by atoms with Gasteiger partial charge in [0.15, 0.2) is 5.82 Å². The topological polar surface area (TPSA) is 88.2 Å². The van der Waals surface area contributed by atoms with E-state index in [1.807, 2.05) is 32.0 Å². The third-order valence-electron chi connectivity index (χ3n) is 5.14. The summed E-state index contributed by atoms with van der Waals surface area (Å²) in [5.41, 5.74) is 8.81. The van der Waals surface area contributed by atoms with Crippen LogP contribution in [-0.2, 0) is 12.8 Å². The first-order chi connectivity index (χ1) is 13.7. The van der Waals surface area contributed by atoms with Gasteiger partial charge in [-0.2, -0.15) is 4.98 Å². The number of hydrogen-bond acceptors (Lipinski definition) is 7. The molecule has 148 valence electrons. The maximum Gasteiger partial charge on any atom is 0.257 e. The van der Waals surface area contributed by atoms with Gasteiger partial charge in [0, 0.05) is 31.0 Å². The molecule has 3 heterocycles. The van der Waals surface area contributed by atoms with E-state index in [-0.39, 0.29) is 6.04 Å². The van der Waals surface area contributed by atoms with Gasteiger partial charge in [-0.25, -0.2) is 5.43 Å². The number of nitrogens with zero attached hydrogens (tertiary/aromatic N) is 2. The normalized spacial score (nSPS) is 19.4. The summed E-state index contributed by atoms with van der Waals surface area (Å²) >= 11 is 0. The fourth-order valence-corrected chi connectivity index (χ4v) is 3.50. The van der Waals surface area contributed by atoms with Crippen LogP contribution >= 0.6 is 0 Å². The molecule has 2 atom stereocenters. The van der Waals surface area contributed by atoms with E-state index < -0.39 is 0 Å². The number of rotatable bonds is 8. The minimum atomic E-state index is 0.211. The number of hydrazine groups is 1. The van der Waals surface area contributed by atoms with Crippen molar-refractivity contribution in [3.63, 3.8) is 0 Å². The third-order valence-corrected chi connectivity index (χ3v) is 5.14. The molecule has 0 radical (unpaired) electrons. The van der Waals surface area contributed by atoms with Crippen LogP contribution in [0.4, 0.5) is 0 Å². The Morgan fingerprint density at radius 2 is 2.04 bits per heavy atom. The first-order valence-electron chi connectivity index (χ1n) is 9.90. The van der Waals surface area contributed by atoms with Crippen molar-refractivity contribution in [3.05, 3.63) is 59.3 Å². The lowest BCUT2D eigenvalue weighted by Crippen LogP contribution is -2.29. The van der Waals surface area contributed by atoms with Gasteiger partial charge in [-0.15, -0.1) is 0 Å². The Labute approximate surface area is 164 Å². The highest BCUT2D eigenvalue weighted by molar-refractivity contribution is 5.53. The lowest BCUT2D eigenvalue weighted by molar-refractivity contribution is 0.361. The molecule has 7 nitrogen and oxygen atoms in total. The Hall–Kier alpha value is -2.48. The van der Waals surface area contributed by atoms with Gasteiger partial charge in [0.1, 0.15) is 11.5 Å². The number of aromatic nitrogens is 2. The van der Waals surface area contributed by atoms with E-state index in [2.05, 4.69) is 44.5 Å². The Balaban J connectivity index is 1.25. The number of hydrogen-bond donors (Lipinski definition) is 3. The zero-order valence-corrected chi connectivity index (χ0v) is 16.4. The van der Waals surface area contributed by atoms with Crippen molar-refractivity contribution in [3.8, 4) is 11.5 Å². The number of aryl methyl sites for hydroxylation is 2. The molecule has 3 aromatic rings. The quantitative estimate of drug-likeness (QED) is 0.517. The molecule has 7 heteroatoms. The van der Waals surface area contributed by atoms with Crippen molar-refractivity contribution in [1.82, 2.24) is 26.3 Å². The average molecular weight is 381 g/mol. The average Bonchev–Trinajstić information content (AvgIpc) is 3.46. The molecule has 3 N–H and O–H groups in total. The molecule has 1 aliphatic heterocycles. The highest BCUT2D eigenvalue weighted by atomic mass is 16.5. The zero-order valence-electron chi connectivity index (χ0n) is 16.4. The summed E-state index contributed by atoms with van der Waals surface area (Å²) in [5, 5.41) is 7.53. The van der Waals surface area contributed by atoms with E-state index in [1.54, 1.807) is 0 Å². The molecule has 2 unspecified atom stereocenters.